The van der Waals surface area contributed by atoms with Crippen LogP contribution < -0.4 is 10.6 Å². The van der Waals surface area contributed by atoms with Crippen molar-refractivity contribution in [2.45, 2.75) is 26.3 Å². The number of carbonyl (C=O) groups excluding carboxylic acids is 1. The Morgan fingerprint density at radius 1 is 1.32 bits per heavy atom. The molecule has 1 rings (SSSR count). The lowest BCUT2D eigenvalue weighted by atomic mass is 9.93. The molecule has 106 valence electrons. The van der Waals surface area contributed by atoms with Crippen molar-refractivity contribution in [3.05, 3.63) is 35.4 Å². The molecule has 3 nitrogen and oxygen atoms in total. The highest BCUT2D eigenvalue weighted by atomic mass is 19.2. The van der Waals surface area contributed by atoms with Gasteiger partial charge in [-0.15, -0.1) is 0 Å². The van der Waals surface area contributed by atoms with Crippen LogP contribution in [0.15, 0.2) is 18.2 Å². The van der Waals surface area contributed by atoms with E-state index in [0.717, 1.165) is 12.1 Å². The van der Waals surface area contributed by atoms with Gasteiger partial charge in [0.05, 0.1) is 5.54 Å². The van der Waals surface area contributed by atoms with Gasteiger partial charge in [0.1, 0.15) is 0 Å². The molecular weight excluding hydrogens is 250 g/mol. The van der Waals surface area contributed by atoms with Gasteiger partial charge in [-0.1, -0.05) is 13.0 Å². The highest BCUT2D eigenvalue weighted by Crippen LogP contribution is 2.22. The predicted octanol–water partition coefficient (Wildman–Crippen LogP) is 2.17. The summed E-state index contributed by atoms with van der Waals surface area (Å²) in [4.78, 5) is 12.0. The number of benzene rings is 1. The summed E-state index contributed by atoms with van der Waals surface area (Å²) in [6.45, 7) is 5.86. The number of amides is 1. The number of hydrogen-bond acceptors (Lipinski definition) is 2. The Morgan fingerprint density at radius 3 is 2.47 bits per heavy atom. The zero-order chi connectivity index (χ0) is 14.6. The van der Waals surface area contributed by atoms with Crippen molar-refractivity contribution >= 4 is 5.91 Å². The van der Waals surface area contributed by atoms with Crippen LogP contribution in [0, 0.1) is 17.6 Å². The zero-order valence-corrected chi connectivity index (χ0v) is 11.7. The van der Waals surface area contributed by atoms with Crippen molar-refractivity contribution in [2.24, 2.45) is 5.92 Å². The van der Waals surface area contributed by atoms with Crippen LogP contribution in [0.2, 0.25) is 0 Å². The van der Waals surface area contributed by atoms with Crippen molar-refractivity contribution < 1.29 is 13.6 Å². The Labute approximate surface area is 112 Å². The van der Waals surface area contributed by atoms with E-state index in [2.05, 4.69) is 10.6 Å². The molecule has 19 heavy (non-hydrogen) atoms. The molecule has 0 saturated heterocycles. The fourth-order valence-electron chi connectivity index (χ4n) is 1.79. The molecule has 0 heterocycles. The second-order valence-corrected chi connectivity index (χ2v) is 5.20. The van der Waals surface area contributed by atoms with Gasteiger partial charge in [0.2, 0.25) is 5.91 Å². The first kappa shape index (κ1) is 15.6. The minimum Gasteiger partial charge on any atom is -0.347 e. The summed E-state index contributed by atoms with van der Waals surface area (Å²) in [5, 5.41) is 5.76. The molecule has 1 amide bonds. The minimum absolute atomic E-state index is 0.135. The van der Waals surface area contributed by atoms with Gasteiger partial charge >= 0.3 is 0 Å². The number of nitrogens with one attached hydrogen (secondary N) is 2. The summed E-state index contributed by atoms with van der Waals surface area (Å²) < 4.78 is 26.1. The van der Waals surface area contributed by atoms with Crippen LogP contribution in [0.25, 0.3) is 0 Å². The number of halogens is 2. The summed E-state index contributed by atoms with van der Waals surface area (Å²) in [6, 6.07) is 3.65. The molecule has 0 spiro atoms. The number of hydrogen-bond donors (Lipinski definition) is 2. The van der Waals surface area contributed by atoms with Crippen LogP contribution in [0.3, 0.4) is 0 Å². The third-order valence-electron chi connectivity index (χ3n) is 3.03. The molecule has 0 aliphatic heterocycles. The van der Waals surface area contributed by atoms with E-state index < -0.39 is 17.2 Å². The van der Waals surface area contributed by atoms with E-state index in [0.29, 0.717) is 12.1 Å². The Balaban J connectivity index is 2.85. The van der Waals surface area contributed by atoms with Crippen molar-refractivity contribution in [3.63, 3.8) is 0 Å². The molecule has 1 aromatic carbocycles. The van der Waals surface area contributed by atoms with E-state index in [1.165, 1.54) is 6.07 Å². The Kier molecular flexibility index (Phi) is 5.00. The summed E-state index contributed by atoms with van der Waals surface area (Å²) >= 11 is 0. The molecule has 0 bridgehead atoms. The van der Waals surface area contributed by atoms with Gasteiger partial charge in [0.25, 0.3) is 0 Å². The molecule has 0 fully saturated rings. The molecule has 0 radical (unpaired) electrons. The third kappa shape index (κ3) is 3.99. The maximum Gasteiger partial charge on any atom is 0.224 e. The van der Waals surface area contributed by atoms with Crippen LogP contribution >= 0.6 is 0 Å². The minimum atomic E-state index is -0.914. The predicted molar refractivity (Wildman–Crippen MR) is 70.6 cm³/mol. The van der Waals surface area contributed by atoms with Crippen LogP contribution in [0.1, 0.15) is 26.3 Å². The van der Waals surface area contributed by atoms with Crippen LogP contribution in [-0.2, 0) is 10.3 Å². The van der Waals surface area contributed by atoms with E-state index >= 15 is 0 Å². The average Bonchev–Trinajstić information content (AvgIpc) is 2.32. The summed E-state index contributed by atoms with van der Waals surface area (Å²) in [5.74, 6) is -2.14. The Hall–Kier alpha value is -1.49. The SMILES string of the molecule is CNCC(C)C(=O)NC(C)(C)c1ccc(F)c(F)c1. The van der Waals surface area contributed by atoms with Gasteiger partial charge in [-0.2, -0.15) is 0 Å². The van der Waals surface area contributed by atoms with E-state index in [-0.39, 0.29) is 11.8 Å². The maximum atomic E-state index is 13.2. The topological polar surface area (TPSA) is 41.1 Å². The highest BCUT2D eigenvalue weighted by Gasteiger charge is 2.26. The molecule has 1 unspecified atom stereocenters. The molecule has 5 heteroatoms. The monoisotopic (exact) mass is 270 g/mol. The van der Waals surface area contributed by atoms with Crippen molar-refractivity contribution in [1.82, 2.24) is 10.6 Å². The van der Waals surface area contributed by atoms with Gasteiger partial charge in [0.15, 0.2) is 11.6 Å². The molecular formula is C14H20F2N2O. The molecule has 0 saturated carbocycles. The van der Waals surface area contributed by atoms with Crippen molar-refractivity contribution in [3.8, 4) is 0 Å². The fraction of sp³-hybridized carbons (Fsp3) is 0.500. The van der Waals surface area contributed by atoms with E-state index in [9.17, 15) is 13.6 Å². The maximum absolute atomic E-state index is 13.2. The molecule has 0 aliphatic rings. The van der Waals surface area contributed by atoms with E-state index in [1.54, 1.807) is 27.8 Å². The Morgan fingerprint density at radius 2 is 1.95 bits per heavy atom. The smallest absolute Gasteiger partial charge is 0.224 e. The number of carbonyl (C=O) groups is 1. The second-order valence-electron chi connectivity index (χ2n) is 5.20. The van der Waals surface area contributed by atoms with Crippen molar-refractivity contribution in [1.29, 1.82) is 0 Å². The molecule has 2 N–H and O–H groups in total. The quantitative estimate of drug-likeness (QED) is 0.861. The van der Waals surface area contributed by atoms with Gasteiger partial charge in [-0.3, -0.25) is 4.79 Å². The van der Waals surface area contributed by atoms with Crippen LogP contribution in [0.5, 0.6) is 0 Å². The number of rotatable bonds is 5. The first-order valence-corrected chi connectivity index (χ1v) is 6.20. The van der Waals surface area contributed by atoms with Gasteiger partial charge in [0, 0.05) is 12.5 Å². The third-order valence-corrected chi connectivity index (χ3v) is 3.03. The standard InChI is InChI=1S/C14H20F2N2O/c1-9(8-17-4)13(19)18-14(2,3)10-5-6-11(15)12(16)7-10/h5-7,9,17H,8H2,1-4H3,(H,18,19). The lowest BCUT2D eigenvalue weighted by molar-refractivity contribution is -0.126. The summed E-state index contributed by atoms with van der Waals surface area (Å²) in [6.07, 6.45) is 0. The first-order chi connectivity index (χ1) is 8.77. The van der Waals surface area contributed by atoms with E-state index in [4.69, 9.17) is 0 Å². The van der Waals surface area contributed by atoms with E-state index in [1.807, 2.05) is 0 Å². The average molecular weight is 270 g/mol. The van der Waals surface area contributed by atoms with Gasteiger partial charge in [-0.25, -0.2) is 8.78 Å². The van der Waals surface area contributed by atoms with Crippen LogP contribution in [-0.4, -0.2) is 19.5 Å². The summed E-state index contributed by atoms with van der Waals surface area (Å²) in [7, 11) is 1.77. The summed E-state index contributed by atoms with van der Waals surface area (Å²) in [5.41, 5.74) is -0.232. The fourth-order valence-corrected chi connectivity index (χ4v) is 1.79. The molecule has 0 aromatic heterocycles. The zero-order valence-electron chi connectivity index (χ0n) is 11.7. The highest BCUT2D eigenvalue weighted by molar-refractivity contribution is 5.79. The molecule has 0 aliphatic carbocycles. The lowest BCUT2D eigenvalue weighted by Crippen LogP contribution is -2.45. The first-order valence-electron chi connectivity index (χ1n) is 6.20. The van der Waals surface area contributed by atoms with Crippen molar-refractivity contribution in [2.75, 3.05) is 13.6 Å². The normalized spacial score (nSPS) is 13.2. The van der Waals surface area contributed by atoms with Gasteiger partial charge in [-0.05, 0) is 38.6 Å². The second kappa shape index (κ2) is 6.10. The van der Waals surface area contributed by atoms with Gasteiger partial charge < -0.3 is 10.6 Å². The molecule has 1 aromatic rings. The Bertz CT molecular complexity index is 461. The largest absolute Gasteiger partial charge is 0.347 e. The molecule has 1 atom stereocenters. The van der Waals surface area contributed by atoms with Crippen LogP contribution in [0.4, 0.5) is 8.78 Å². The lowest BCUT2D eigenvalue weighted by Gasteiger charge is -2.28.